The Balaban J connectivity index is 0.00000208. The Hall–Kier alpha value is -0.650. The molecule has 134 valence electrons. The second kappa shape index (κ2) is 9.16. The number of amides is 1. The Bertz CT molecular complexity index is 562. The molecule has 3 nitrogen and oxygen atoms in total. The van der Waals surface area contributed by atoms with E-state index in [0.29, 0.717) is 30.5 Å². The molecule has 1 aliphatic heterocycles. The fourth-order valence-electron chi connectivity index (χ4n) is 3.30. The van der Waals surface area contributed by atoms with Crippen molar-refractivity contribution >= 4 is 34.2 Å². The van der Waals surface area contributed by atoms with Crippen LogP contribution in [0.1, 0.15) is 44.1 Å². The van der Waals surface area contributed by atoms with E-state index in [0.717, 1.165) is 49.7 Å². The summed E-state index contributed by atoms with van der Waals surface area (Å²) < 4.78 is 14.8. The van der Waals surface area contributed by atoms with E-state index in [1.807, 2.05) is 4.90 Å². The summed E-state index contributed by atoms with van der Waals surface area (Å²) in [4.78, 5) is 14.5. The third-order valence-electron chi connectivity index (χ3n) is 4.88. The van der Waals surface area contributed by atoms with Gasteiger partial charge >= 0.3 is 0 Å². The Morgan fingerprint density at radius 3 is 2.62 bits per heavy atom. The maximum atomic E-state index is 14.0. The van der Waals surface area contributed by atoms with Gasteiger partial charge in [0.1, 0.15) is 5.82 Å². The lowest BCUT2D eigenvalue weighted by Gasteiger charge is -2.26. The molecule has 3 rings (SSSR count). The Labute approximate surface area is 157 Å². The quantitative estimate of drug-likeness (QED) is 0.746. The highest BCUT2D eigenvalue weighted by molar-refractivity contribution is 9.10. The summed E-state index contributed by atoms with van der Waals surface area (Å²) in [5.41, 5.74) is 0.599. The molecule has 1 aliphatic carbocycles. The number of carbonyl (C=O) groups excluding carboxylic acids is 1. The second-order valence-electron chi connectivity index (χ2n) is 6.72. The van der Waals surface area contributed by atoms with E-state index < -0.39 is 0 Å². The lowest BCUT2D eigenvalue weighted by atomic mass is 9.93. The van der Waals surface area contributed by atoms with Crippen LogP contribution in [0.4, 0.5) is 4.39 Å². The van der Waals surface area contributed by atoms with Crippen molar-refractivity contribution in [1.82, 2.24) is 10.2 Å². The van der Waals surface area contributed by atoms with Crippen molar-refractivity contribution < 1.29 is 9.18 Å². The van der Waals surface area contributed by atoms with Gasteiger partial charge in [-0.1, -0.05) is 15.9 Å². The average Bonchev–Trinajstić information content (AvgIpc) is 3.39. The smallest absolute Gasteiger partial charge is 0.223 e. The third-order valence-corrected chi connectivity index (χ3v) is 5.37. The summed E-state index contributed by atoms with van der Waals surface area (Å²) >= 11 is 3.38. The average molecular weight is 420 g/mol. The summed E-state index contributed by atoms with van der Waals surface area (Å²) in [5.74, 6) is 0.610. The van der Waals surface area contributed by atoms with Gasteiger partial charge in [0.15, 0.2) is 0 Å². The predicted molar refractivity (Wildman–Crippen MR) is 99.7 cm³/mol. The molecule has 24 heavy (non-hydrogen) atoms. The maximum Gasteiger partial charge on any atom is 0.223 e. The van der Waals surface area contributed by atoms with Crippen LogP contribution in [0.3, 0.4) is 0 Å². The Morgan fingerprint density at radius 2 is 1.96 bits per heavy atom. The van der Waals surface area contributed by atoms with Gasteiger partial charge in [-0.3, -0.25) is 4.79 Å². The van der Waals surface area contributed by atoms with Crippen molar-refractivity contribution in [3.05, 3.63) is 34.1 Å². The minimum atomic E-state index is -0.231. The fourth-order valence-corrected chi connectivity index (χ4v) is 3.71. The molecule has 1 saturated heterocycles. The van der Waals surface area contributed by atoms with Crippen molar-refractivity contribution in [3.63, 3.8) is 0 Å². The largest absolute Gasteiger partial charge is 0.335 e. The molecule has 1 aromatic carbocycles. The third kappa shape index (κ3) is 5.43. The van der Waals surface area contributed by atoms with Crippen LogP contribution in [0, 0.1) is 11.7 Å². The highest BCUT2D eigenvalue weighted by atomic mass is 79.9. The first-order valence-electron chi connectivity index (χ1n) is 8.57. The number of nitrogens with one attached hydrogen (secondary N) is 1. The maximum absolute atomic E-state index is 14.0. The normalized spacial score (nSPS) is 18.1. The van der Waals surface area contributed by atoms with Gasteiger partial charge < -0.3 is 10.2 Å². The molecule has 0 unspecified atom stereocenters. The van der Waals surface area contributed by atoms with E-state index in [1.165, 1.54) is 6.07 Å². The molecule has 0 bridgehead atoms. The van der Waals surface area contributed by atoms with E-state index in [9.17, 15) is 9.18 Å². The van der Waals surface area contributed by atoms with Crippen molar-refractivity contribution in [2.75, 3.05) is 13.1 Å². The fraction of sp³-hybridized carbons (Fsp3) is 0.611. The van der Waals surface area contributed by atoms with Crippen LogP contribution in [-0.2, 0) is 11.3 Å². The lowest BCUT2D eigenvalue weighted by Crippen LogP contribution is -2.34. The summed E-state index contributed by atoms with van der Waals surface area (Å²) in [6.07, 6.45) is 5.98. The minimum Gasteiger partial charge on any atom is -0.335 e. The lowest BCUT2D eigenvalue weighted by molar-refractivity contribution is -0.132. The van der Waals surface area contributed by atoms with Gasteiger partial charge in [-0.25, -0.2) is 4.39 Å². The Kier molecular flexibility index (Phi) is 7.51. The minimum absolute atomic E-state index is 0. The van der Waals surface area contributed by atoms with Gasteiger partial charge in [-0.2, -0.15) is 0 Å². The summed E-state index contributed by atoms with van der Waals surface area (Å²) in [5, 5.41) is 3.36. The first-order chi connectivity index (χ1) is 11.1. The number of halogens is 3. The van der Waals surface area contributed by atoms with Gasteiger partial charge in [-0.05, 0) is 69.3 Å². The first-order valence-corrected chi connectivity index (χ1v) is 9.37. The molecular formula is C18H25BrClFN2O. The molecule has 0 radical (unpaired) electrons. The molecule has 1 amide bonds. The van der Waals surface area contributed by atoms with Gasteiger partial charge in [0.2, 0.25) is 5.91 Å². The van der Waals surface area contributed by atoms with E-state index in [-0.39, 0.29) is 24.1 Å². The molecule has 1 aromatic rings. The van der Waals surface area contributed by atoms with E-state index in [4.69, 9.17) is 0 Å². The van der Waals surface area contributed by atoms with Crippen LogP contribution in [0.5, 0.6) is 0 Å². The molecule has 0 aromatic heterocycles. The number of hydrogen-bond donors (Lipinski definition) is 1. The highest BCUT2D eigenvalue weighted by Crippen LogP contribution is 2.31. The van der Waals surface area contributed by atoms with Crippen LogP contribution in [0.15, 0.2) is 22.7 Å². The van der Waals surface area contributed by atoms with Crippen molar-refractivity contribution in [3.8, 4) is 0 Å². The molecule has 1 N–H and O–H groups in total. The van der Waals surface area contributed by atoms with Gasteiger partial charge in [0.25, 0.3) is 0 Å². The standard InChI is InChI=1S/C18H24BrFN2O.ClH/c19-15-2-5-17(20)14(11-15)12-22(16-3-4-16)18(23)6-1-13-7-9-21-10-8-13;/h2,5,11,13,16,21H,1,3-4,6-10,12H2;1H. The van der Waals surface area contributed by atoms with Crippen molar-refractivity contribution in [2.45, 2.75) is 51.1 Å². The monoisotopic (exact) mass is 418 g/mol. The number of nitrogens with zero attached hydrogens (tertiary/aromatic N) is 1. The van der Waals surface area contributed by atoms with E-state index in [1.54, 1.807) is 12.1 Å². The van der Waals surface area contributed by atoms with Crippen molar-refractivity contribution in [1.29, 1.82) is 0 Å². The summed E-state index contributed by atoms with van der Waals surface area (Å²) in [6.45, 7) is 2.52. The predicted octanol–water partition coefficient (Wildman–Crippen LogP) is 4.28. The van der Waals surface area contributed by atoms with Gasteiger partial charge in [-0.15, -0.1) is 12.4 Å². The van der Waals surface area contributed by atoms with Crippen LogP contribution >= 0.6 is 28.3 Å². The topological polar surface area (TPSA) is 32.3 Å². The van der Waals surface area contributed by atoms with Crippen LogP contribution in [-0.4, -0.2) is 29.9 Å². The zero-order valence-corrected chi connectivity index (χ0v) is 16.2. The molecular weight excluding hydrogens is 395 g/mol. The second-order valence-corrected chi connectivity index (χ2v) is 7.64. The highest BCUT2D eigenvalue weighted by Gasteiger charge is 2.33. The first kappa shape index (κ1) is 19.7. The van der Waals surface area contributed by atoms with E-state index in [2.05, 4.69) is 21.2 Å². The molecule has 2 fully saturated rings. The van der Waals surface area contributed by atoms with Crippen molar-refractivity contribution in [2.24, 2.45) is 5.92 Å². The molecule has 0 atom stereocenters. The molecule has 6 heteroatoms. The summed E-state index contributed by atoms with van der Waals surface area (Å²) in [7, 11) is 0. The van der Waals surface area contributed by atoms with Gasteiger partial charge in [0, 0.05) is 29.0 Å². The van der Waals surface area contributed by atoms with Crippen LogP contribution < -0.4 is 5.32 Å². The number of rotatable bonds is 6. The Morgan fingerprint density at radius 1 is 1.25 bits per heavy atom. The SMILES string of the molecule is Cl.O=C(CCC1CCNCC1)N(Cc1cc(Br)ccc1F)C1CC1. The molecule has 0 spiro atoms. The summed E-state index contributed by atoms with van der Waals surface area (Å²) in [6, 6.07) is 5.25. The number of hydrogen-bond acceptors (Lipinski definition) is 2. The zero-order valence-electron chi connectivity index (χ0n) is 13.8. The molecule has 1 saturated carbocycles. The van der Waals surface area contributed by atoms with Crippen LogP contribution in [0.2, 0.25) is 0 Å². The number of benzene rings is 1. The van der Waals surface area contributed by atoms with Gasteiger partial charge in [0.05, 0.1) is 0 Å². The molecule has 1 heterocycles. The van der Waals surface area contributed by atoms with Crippen LogP contribution in [0.25, 0.3) is 0 Å². The van der Waals surface area contributed by atoms with E-state index >= 15 is 0 Å². The number of piperidine rings is 1. The molecule has 2 aliphatic rings. The zero-order chi connectivity index (χ0) is 16.2. The number of carbonyl (C=O) groups is 1.